The Morgan fingerprint density at radius 1 is 1.62 bits per heavy atom. The van der Waals surface area contributed by atoms with E-state index in [0.29, 0.717) is 0 Å². The zero-order valence-corrected chi connectivity index (χ0v) is 6.78. The minimum atomic E-state index is -3.13. The second-order valence-corrected chi connectivity index (χ2v) is 0.851. The van der Waals surface area contributed by atoms with Crippen LogP contribution in [0.2, 0.25) is 0 Å². The fraction of sp³-hybridized carbons (Fsp3) is 0.500. The zero-order chi connectivity index (χ0) is 5.86. The summed E-state index contributed by atoms with van der Waals surface area (Å²) >= 11 is 4.22. The number of rotatable bonds is 1. The predicted molar refractivity (Wildman–Crippen MR) is 23.7 cm³/mol. The molecule has 6 heteroatoms. The molecule has 0 aromatic carbocycles. The molecule has 0 heterocycles. The predicted octanol–water partition coefficient (Wildman–Crippen LogP) is 0.568. The van der Waals surface area contributed by atoms with Gasteiger partial charge in [0.05, 0.1) is 0 Å². The van der Waals surface area contributed by atoms with Crippen molar-refractivity contribution in [2.45, 2.75) is 6.43 Å². The van der Waals surface area contributed by atoms with Crippen molar-refractivity contribution in [3.8, 4) is 0 Å². The Morgan fingerprint density at radius 3 is 2.00 bits per heavy atom. The van der Waals surface area contributed by atoms with Gasteiger partial charge in [0.2, 0.25) is 0 Å². The van der Waals surface area contributed by atoms with Gasteiger partial charge in [-0.25, -0.2) is 4.79 Å². The Kier molecular flexibility index (Phi) is 8.21. The maximum absolute atomic E-state index is 10.9. The van der Waals surface area contributed by atoms with E-state index >= 15 is 0 Å². The van der Waals surface area contributed by atoms with Crippen LogP contribution in [-0.2, 0) is 9.08 Å². The first kappa shape index (κ1) is 11.4. The molecule has 43 valence electrons. The van der Waals surface area contributed by atoms with Crippen LogP contribution in [0, 0.1) is 0 Å². The van der Waals surface area contributed by atoms with E-state index < -0.39 is 12.4 Å². The molecule has 1 radical (unpaired) electrons. The van der Waals surface area contributed by atoms with Gasteiger partial charge < -0.3 is 4.29 Å². The van der Waals surface area contributed by atoms with Crippen LogP contribution in [0.25, 0.3) is 0 Å². The third kappa shape index (κ3) is 4.77. The first-order valence-electron chi connectivity index (χ1n) is 1.29. The van der Waals surface area contributed by atoms with Gasteiger partial charge in [0.15, 0.2) is 0 Å². The van der Waals surface area contributed by atoms with E-state index in [1.807, 2.05) is 0 Å². The molecule has 0 fully saturated rings. The van der Waals surface area contributed by atoms with E-state index in [1.54, 1.807) is 0 Å². The minimum absolute atomic E-state index is 0. The summed E-state index contributed by atoms with van der Waals surface area (Å²) in [6.45, 7) is 0. The average Bonchev–Trinajstić information content (AvgIpc) is 1.65. The van der Waals surface area contributed by atoms with Crippen LogP contribution >= 0.6 is 11.9 Å². The average molecular weight is 153 g/mol. The summed E-state index contributed by atoms with van der Waals surface area (Å²) in [4.78, 5) is 9.41. The molecule has 0 spiro atoms. The van der Waals surface area contributed by atoms with Gasteiger partial charge in [0.25, 0.3) is 0 Å². The maximum Gasteiger partial charge on any atom is 0.391 e. The van der Waals surface area contributed by atoms with Crippen LogP contribution in [0.4, 0.5) is 8.78 Å². The quantitative estimate of drug-likeness (QED) is 0.515. The molecule has 0 aliphatic rings. The van der Waals surface area contributed by atoms with Gasteiger partial charge in [-0.1, -0.05) is 0 Å². The van der Waals surface area contributed by atoms with E-state index in [1.165, 1.54) is 0 Å². The van der Waals surface area contributed by atoms with Crippen molar-refractivity contribution in [3.63, 3.8) is 0 Å². The SMILES string of the molecule is O=C(OCl)C(F)F.[Na]. The zero-order valence-electron chi connectivity index (χ0n) is 4.03. The molecule has 0 aromatic heterocycles. The standard InChI is InChI=1S/C2HClF2O2.Na/c3-7-2(6)1(4)5;/h1H;. The molecule has 2 nitrogen and oxygen atoms in total. The smallest absolute Gasteiger partial charge is 0.342 e. The molecule has 0 atom stereocenters. The van der Waals surface area contributed by atoms with Crippen LogP contribution in [0.3, 0.4) is 0 Å². The van der Waals surface area contributed by atoms with Gasteiger partial charge in [-0.05, 0) is 0 Å². The van der Waals surface area contributed by atoms with E-state index in [0.717, 1.165) is 0 Å². The van der Waals surface area contributed by atoms with E-state index in [2.05, 4.69) is 16.2 Å². The monoisotopic (exact) mass is 153 g/mol. The molecular weight excluding hydrogens is 152 g/mol. The van der Waals surface area contributed by atoms with Crippen molar-refractivity contribution in [2.24, 2.45) is 0 Å². The second kappa shape index (κ2) is 5.75. The Labute approximate surface area is 71.6 Å². The first-order chi connectivity index (χ1) is 3.18. The Hall–Kier alpha value is 0.620. The minimum Gasteiger partial charge on any atom is -0.342 e. The summed E-state index contributed by atoms with van der Waals surface area (Å²) in [5.41, 5.74) is 0. The number of hydrogen-bond donors (Lipinski definition) is 0. The van der Waals surface area contributed by atoms with Crippen LogP contribution in [0.15, 0.2) is 0 Å². The van der Waals surface area contributed by atoms with Crippen molar-refractivity contribution in [1.29, 1.82) is 0 Å². The van der Waals surface area contributed by atoms with E-state index in [-0.39, 0.29) is 29.6 Å². The van der Waals surface area contributed by atoms with Crippen LogP contribution in [0.5, 0.6) is 0 Å². The van der Waals surface area contributed by atoms with Crippen molar-refractivity contribution in [1.82, 2.24) is 0 Å². The molecule has 0 aliphatic carbocycles. The molecule has 0 bridgehead atoms. The Balaban J connectivity index is 0. The molecule has 0 saturated carbocycles. The van der Waals surface area contributed by atoms with Crippen LogP contribution in [-0.4, -0.2) is 42.0 Å². The molecular formula is C2HClF2NaO2. The van der Waals surface area contributed by atoms with Crippen molar-refractivity contribution in [3.05, 3.63) is 0 Å². The molecule has 0 N–H and O–H groups in total. The third-order valence-corrected chi connectivity index (χ3v) is 0.406. The third-order valence-electron chi connectivity index (χ3n) is 0.254. The van der Waals surface area contributed by atoms with Gasteiger partial charge in [-0.15, -0.1) is 0 Å². The topological polar surface area (TPSA) is 26.3 Å². The number of carbonyl (C=O) groups excluding carboxylic acids is 1. The van der Waals surface area contributed by atoms with E-state index in [4.69, 9.17) is 0 Å². The normalized spacial score (nSPS) is 8.00. The summed E-state index contributed by atoms with van der Waals surface area (Å²) in [6, 6.07) is 0. The van der Waals surface area contributed by atoms with Gasteiger partial charge in [-0.3, -0.25) is 0 Å². The fourth-order valence-corrected chi connectivity index (χ4v) is 0.101. The molecule has 0 aliphatic heterocycles. The summed E-state index contributed by atoms with van der Waals surface area (Å²) < 4.78 is 24.8. The Bertz CT molecular complexity index is 78.4. The molecule has 0 rings (SSSR count). The van der Waals surface area contributed by atoms with Crippen molar-refractivity contribution in [2.75, 3.05) is 0 Å². The summed E-state index contributed by atoms with van der Waals surface area (Å²) in [5.74, 6) is -1.72. The first-order valence-corrected chi connectivity index (χ1v) is 1.60. The van der Waals surface area contributed by atoms with E-state index in [9.17, 15) is 13.6 Å². The molecule has 0 aromatic rings. The summed E-state index contributed by atoms with van der Waals surface area (Å²) in [7, 11) is 0. The van der Waals surface area contributed by atoms with Gasteiger partial charge >= 0.3 is 12.4 Å². The second-order valence-electron chi connectivity index (χ2n) is 0.697. The number of alkyl halides is 2. The summed E-state index contributed by atoms with van der Waals surface area (Å²) in [6.07, 6.45) is -3.13. The molecule has 0 saturated heterocycles. The van der Waals surface area contributed by atoms with Gasteiger partial charge in [0, 0.05) is 29.6 Å². The van der Waals surface area contributed by atoms with Crippen LogP contribution < -0.4 is 0 Å². The van der Waals surface area contributed by atoms with Crippen LogP contribution in [0.1, 0.15) is 0 Å². The fourth-order valence-electron chi connectivity index (χ4n) is 0.0337. The van der Waals surface area contributed by atoms with Gasteiger partial charge in [-0.2, -0.15) is 8.78 Å². The number of hydrogen-bond acceptors (Lipinski definition) is 2. The number of carbonyl (C=O) groups is 1. The molecule has 0 amide bonds. The van der Waals surface area contributed by atoms with Gasteiger partial charge in [0.1, 0.15) is 11.9 Å². The molecule has 0 unspecified atom stereocenters. The summed E-state index contributed by atoms with van der Waals surface area (Å²) in [5, 5.41) is 0. The molecule has 8 heavy (non-hydrogen) atoms. The Morgan fingerprint density at radius 2 is 2.00 bits per heavy atom. The van der Waals surface area contributed by atoms with Crippen molar-refractivity contribution >= 4 is 47.4 Å². The largest absolute Gasteiger partial charge is 0.391 e. The maximum atomic E-state index is 10.9. The van der Waals surface area contributed by atoms with Crippen molar-refractivity contribution < 1.29 is 17.9 Å². The number of halogens is 3.